The first kappa shape index (κ1) is 12.7. The maximum atomic E-state index is 11.8. The lowest BCUT2D eigenvalue weighted by Gasteiger charge is -2.07. The molecule has 1 N–H and O–H groups in total. The second-order valence-corrected chi connectivity index (χ2v) is 4.65. The summed E-state index contributed by atoms with van der Waals surface area (Å²) in [5, 5.41) is 4.16. The van der Waals surface area contributed by atoms with Gasteiger partial charge in [0.1, 0.15) is 6.54 Å². The van der Waals surface area contributed by atoms with Crippen LogP contribution in [0.4, 0.5) is 0 Å². The van der Waals surface area contributed by atoms with Crippen LogP contribution < -0.4 is 5.32 Å². The molecule has 0 aliphatic rings. The topological polar surface area (TPSA) is 34.0 Å². The molecule has 3 heteroatoms. The lowest BCUT2D eigenvalue weighted by molar-refractivity contribution is -0.121. The van der Waals surface area contributed by atoms with Gasteiger partial charge in [0, 0.05) is 23.6 Å². The number of aromatic nitrogens is 1. The molecular formula is C15H20N2O. The molecule has 0 saturated carbocycles. The number of unbranched alkanes of at least 4 members (excludes halogenated alkanes) is 1. The first-order chi connectivity index (χ1) is 8.72. The molecule has 96 valence electrons. The Balaban J connectivity index is 2.08. The average Bonchev–Trinajstić information content (AvgIpc) is 2.74. The molecule has 1 heterocycles. The zero-order chi connectivity index (χ0) is 13.0. The first-order valence-electron chi connectivity index (χ1n) is 6.53. The molecule has 0 atom stereocenters. The van der Waals surface area contributed by atoms with Gasteiger partial charge in [-0.2, -0.15) is 0 Å². The van der Waals surface area contributed by atoms with Crippen molar-refractivity contribution in [2.24, 2.45) is 0 Å². The van der Waals surface area contributed by atoms with Crippen LogP contribution in [0.3, 0.4) is 0 Å². The molecule has 1 aromatic carbocycles. The number of aryl methyl sites for hydroxylation is 1. The molecule has 2 aromatic rings. The van der Waals surface area contributed by atoms with Crippen LogP contribution in [-0.4, -0.2) is 17.0 Å². The summed E-state index contributed by atoms with van der Waals surface area (Å²) in [7, 11) is 0. The minimum absolute atomic E-state index is 0.0856. The van der Waals surface area contributed by atoms with Crippen molar-refractivity contribution < 1.29 is 4.79 Å². The van der Waals surface area contributed by atoms with E-state index in [1.165, 1.54) is 10.9 Å². The van der Waals surface area contributed by atoms with Gasteiger partial charge in [0.2, 0.25) is 5.91 Å². The van der Waals surface area contributed by atoms with Crippen LogP contribution in [0.2, 0.25) is 0 Å². The number of rotatable bonds is 5. The Morgan fingerprint density at radius 1 is 1.33 bits per heavy atom. The molecule has 3 nitrogen and oxygen atoms in total. The highest BCUT2D eigenvalue weighted by Crippen LogP contribution is 2.19. The molecule has 18 heavy (non-hydrogen) atoms. The second kappa shape index (κ2) is 5.71. The summed E-state index contributed by atoms with van der Waals surface area (Å²) in [5.41, 5.74) is 2.37. The normalized spacial score (nSPS) is 10.8. The minimum atomic E-state index is 0.0856. The monoisotopic (exact) mass is 244 g/mol. The summed E-state index contributed by atoms with van der Waals surface area (Å²) >= 11 is 0. The number of hydrogen-bond acceptors (Lipinski definition) is 1. The molecule has 0 spiro atoms. The van der Waals surface area contributed by atoms with Crippen LogP contribution in [0.5, 0.6) is 0 Å². The standard InChI is InChI=1S/C15H20N2O/c1-3-4-9-16-15(18)11-17-10-8-13-12(2)6-5-7-14(13)17/h5-8,10H,3-4,9,11H2,1-2H3,(H,16,18). The van der Waals surface area contributed by atoms with Crippen molar-refractivity contribution in [3.05, 3.63) is 36.0 Å². The summed E-state index contributed by atoms with van der Waals surface area (Å²) in [6.45, 7) is 5.38. The maximum absolute atomic E-state index is 11.8. The lowest BCUT2D eigenvalue weighted by Crippen LogP contribution is -2.28. The molecule has 0 bridgehead atoms. The van der Waals surface area contributed by atoms with Gasteiger partial charge in [0.15, 0.2) is 0 Å². The Bertz CT molecular complexity index is 542. The number of carbonyl (C=O) groups excluding carboxylic acids is 1. The number of amides is 1. The van der Waals surface area contributed by atoms with Crippen LogP contribution in [0.15, 0.2) is 30.5 Å². The Kier molecular flexibility index (Phi) is 4.03. The summed E-state index contributed by atoms with van der Waals surface area (Å²) in [4.78, 5) is 11.8. The van der Waals surface area contributed by atoms with Gasteiger partial charge in [-0.3, -0.25) is 4.79 Å². The number of nitrogens with one attached hydrogen (secondary N) is 1. The fourth-order valence-corrected chi connectivity index (χ4v) is 2.13. The molecule has 2 rings (SSSR count). The highest BCUT2D eigenvalue weighted by Gasteiger charge is 2.06. The van der Waals surface area contributed by atoms with Gasteiger partial charge in [0.25, 0.3) is 0 Å². The van der Waals surface area contributed by atoms with Crippen LogP contribution in [0.25, 0.3) is 10.9 Å². The molecule has 0 fully saturated rings. The Hall–Kier alpha value is -1.77. The maximum Gasteiger partial charge on any atom is 0.239 e. The third-order valence-corrected chi connectivity index (χ3v) is 3.20. The predicted octanol–water partition coefficient (Wildman–Crippen LogP) is 2.87. The van der Waals surface area contributed by atoms with Crippen molar-refractivity contribution >= 4 is 16.8 Å². The van der Waals surface area contributed by atoms with Crippen molar-refractivity contribution in [2.45, 2.75) is 33.2 Å². The van der Waals surface area contributed by atoms with E-state index in [9.17, 15) is 4.79 Å². The molecule has 0 unspecified atom stereocenters. The van der Waals surface area contributed by atoms with Crippen LogP contribution in [0.1, 0.15) is 25.3 Å². The fraction of sp³-hybridized carbons (Fsp3) is 0.400. The fourth-order valence-electron chi connectivity index (χ4n) is 2.13. The van der Waals surface area contributed by atoms with Crippen molar-refractivity contribution in [3.8, 4) is 0 Å². The smallest absolute Gasteiger partial charge is 0.239 e. The molecular weight excluding hydrogens is 224 g/mol. The van der Waals surface area contributed by atoms with Gasteiger partial charge < -0.3 is 9.88 Å². The number of carbonyl (C=O) groups is 1. The number of hydrogen-bond donors (Lipinski definition) is 1. The number of benzene rings is 1. The first-order valence-corrected chi connectivity index (χ1v) is 6.53. The molecule has 1 amide bonds. The van der Waals surface area contributed by atoms with Crippen LogP contribution >= 0.6 is 0 Å². The van der Waals surface area contributed by atoms with Gasteiger partial charge in [-0.1, -0.05) is 25.5 Å². The highest BCUT2D eigenvalue weighted by atomic mass is 16.1. The molecule has 0 radical (unpaired) electrons. The minimum Gasteiger partial charge on any atom is -0.355 e. The summed E-state index contributed by atoms with van der Waals surface area (Å²) in [6.07, 6.45) is 4.13. The van der Waals surface area contributed by atoms with Gasteiger partial charge in [-0.05, 0) is 31.0 Å². The van der Waals surface area contributed by atoms with E-state index in [2.05, 4.69) is 37.4 Å². The molecule has 0 aliphatic heterocycles. The van der Waals surface area contributed by atoms with E-state index in [1.807, 2.05) is 16.8 Å². The Morgan fingerprint density at radius 2 is 2.17 bits per heavy atom. The molecule has 1 aromatic heterocycles. The molecule has 0 aliphatic carbocycles. The largest absolute Gasteiger partial charge is 0.355 e. The van der Waals surface area contributed by atoms with E-state index >= 15 is 0 Å². The number of fused-ring (bicyclic) bond motifs is 1. The van der Waals surface area contributed by atoms with Gasteiger partial charge in [-0.25, -0.2) is 0 Å². The van der Waals surface area contributed by atoms with E-state index in [0.717, 1.165) is 24.9 Å². The van der Waals surface area contributed by atoms with Crippen molar-refractivity contribution in [3.63, 3.8) is 0 Å². The Labute approximate surface area is 108 Å². The van der Waals surface area contributed by atoms with Crippen molar-refractivity contribution in [1.29, 1.82) is 0 Å². The Morgan fingerprint density at radius 3 is 2.94 bits per heavy atom. The SMILES string of the molecule is CCCCNC(=O)Cn1ccc2c(C)cccc21. The van der Waals surface area contributed by atoms with E-state index in [1.54, 1.807) is 0 Å². The quantitative estimate of drug-likeness (QED) is 0.806. The average molecular weight is 244 g/mol. The molecule has 0 saturated heterocycles. The predicted molar refractivity (Wildman–Crippen MR) is 74.6 cm³/mol. The zero-order valence-corrected chi connectivity index (χ0v) is 11.1. The summed E-state index contributed by atoms with van der Waals surface area (Å²) in [6, 6.07) is 8.25. The van der Waals surface area contributed by atoms with Gasteiger partial charge in [0.05, 0.1) is 0 Å². The van der Waals surface area contributed by atoms with E-state index < -0.39 is 0 Å². The van der Waals surface area contributed by atoms with Crippen molar-refractivity contribution in [2.75, 3.05) is 6.54 Å². The second-order valence-electron chi connectivity index (χ2n) is 4.65. The summed E-state index contributed by atoms with van der Waals surface area (Å²) < 4.78 is 2.00. The van der Waals surface area contributed by atoms with E-state index in [4.69, 9.17) is 0 Å². The van der Waals surface area contributed by atoms with E-state index in [-0.39, 0.29) is 5.91 Å². The lowest BCUT2D eigenvalue weighted by atomic mass is 10.1. The van der Waals surface area contributed by atoms with Gasteiger partial charge >= 0.3 is 0 Å². The summed E-state index contributed by atoms with van der Waals surface area (Å²) in [5.74, 6) is 0.0856. The van der Waals surface area contributed by atoms with Crippen molar-refractivity contribution in [1.82, 2.24) is 9.88 Å². The third-order valence-electron chi connectivity index (χ3n) is 3.20. The van der Waals surface area contributed by atoms with Crippen LogP contribution in [0, 0.1) is 6.92 Å². The van der Waals surface area contributed by atoms with Crippen LogP contribution in [-0.2, 0) is 11.3 Å². The third kappa shape index (κ3) is 2.73. The highest BCUT2D eigenvalue weighted by molar-refractivity contribution is 5.85. The number of nitrogens with zero attached hydrogens (tertiary/aromatic N) is 1. The van der Waals surface area contributed by atoms with Gasteiger partial charge in [-0.15, -0.1) is 0 Å². The zero-order valence-electron chi connectivity index (χ0n) is 11.1. The van der Waals surface area contributed by atoms with E-state index in [0.29, 0.717) is 6.54 Å².